The topological polar surface area (TPSA) is 51.2 Å². The van der Waals surface area contributed by atoms with E-state index in [4.69, 9.17) is 4.74 Å². The zero-order valence-electron chi connectivity index (χ0n) is 10.2. The van der Waals surface area contributed by atoms with Gasteiger partial charge >= 0.3 is 0 Å². The standard InChI is InChI=1S/C13H17FN2O2/c14-12-5-4-10(9-16-12)13(17)15-7-6-11-3-1-2-8-18-11/h4-5,9,11H,1-3,6-8H2,(H,15,17). The normalized spacial score (nSPS) is 19.5. The second kappa shape index (κ2) is 6.44. The van der Waals surface area contributed by atoms with Gasteiger partial charge in [0.15, 0.2) is 0 Å². The van der Waals surface area contributed by atoms with Crippen molar-refractivity contribution in [3.8, 4) is 0 Å². The number of amides is 1. The van der Waals surface area contributed by atoms with Crippen LogP contribution in [0.2, 0.25) is 0 Å². The summed E-state index contributed by atoms with van der Waals surface area (Å²) in [6, 6.07) is 2.61. The summed E-state index contributed by atoms with van der Waals surface area (Å²) in [6.45, 7) is 1.39. The summed E-state index contributed by atoms with van der Waals surface area (Å²) >= 11 is 0. The van der Waals surface area contributed by atoms with Gasteiger partial charge in [-0.1, -0.05) is 0 Å². The van der Waals surface area contributed by atoms with Crippen LogP contribution in [0.15, 0.2) is 18.3 Å². The molecule has 4 nitrogen and oxygen atoms in total. The van der Waals surface area contributed by atoms with Crippen LogP contribution >= 0.6 is 0 Å². The van der Waals surface area contributed by atoms with Gasteiger partial charge in [0, 0.05) is 19.3 Å². The van der Waals surface area contributed by atoms with Gasteiger partial charge in [-0.15, -0.1) is 0 Å². The van der Waals surface area contributed by atoms with E-state index in [2.05, 4.69) is 10.3 Å². The molecule has 98 valence electrons. The Morgan fingerprint density at radius 3 is 3.06 bits per heavy atom. The molecule has 0 aliphatic carbocycles. The third-order valence-electron chi connectivity index (χ3n) is 3.02. The minimum absolute atomic E-state index is 0.224. The van der Waals surface area contributed by atoms with Gasteiger partial charge in [0.05, 0.1) is 11.7 Å². The van der Waals surface area contributed by atoms with E-state index in [0.717, 1.165) is 25.9 Å². The Labute approximate surface area is 106 Å². The molecule has 0 bridgehead atoms. The van der Waals surface area contributed by atoms with Crippen LogP contribution in [0.4, 0.5) is 4.39 Å². The predicted molar refractivity (Wildman–Crippen MR) is 64.7 cm³/mol. The van der Waals surface area contributed by atoms with Crippen LogP contribution in [0.3, 0.4) is 0 Å². The molecule has 1 aliphatic rings. The van der Waals surface area contributed by atoms with E-state index in [0.29, 0.717) is 12.1 Å². The molecule has 18 heavy (non-hydrogen) atoms. The molecule has 2 rings (SSSR count). The maximum Gasteiger partial charge on any atom is 0.252 e. The first-order chi connectivity index (χ1) is 8.75. The smallest absolute Gasteiger partial charge is 0.252 e. The van der Waals surface area contributed by atoms with Gasteiger partial charge in [0.25, 0.3) is 5.91 Å². The quantitative estimate of drug-likeness (QED) is 0.833. The summed E-state index contributed by atoms with van der Waals surface area (Å²) in [5, 5.41) is 2.78. The Kier molecular flexibility index (Phi) is 4.64. The minimum atomic E-state index is -0.581. The number of halogens is 1. The number of hydrogen-bond donors (Lipinski definition) is 1. The van der Waals surface area contributed by atoms with E-state index in [1.165, 1.54) is 24.8 Å². The number of nitrogens with zero attached hydrogens (tertiary/aromatic N) is 1. The lowest BCUT2D eigenvalue weighted by Gasteiger charge is -2.22. The van der Waals surface area contributed by atoms with Crippen molar-refractivity contribution in [3.63, 3.8) is 0 Å². The van der Waals surface area contributed by atoms with E-state index < -0.39 is 5.95 Å². The van der Waals surface area contributed by atoms with Gasteiger partial charge in [-0.3, -0.25) is 4.79 Å². The first-order valence-electron chi connectivity index (χ1n) is 6.27. The van der Waals surface area contributed by atoms with Crippen molar-refractivity contribution in [2.45, 2.75) is 31.8 Å². The highest BCUT2D eigenvalue weighted by Gasteiger charge is 2.14. The lowest BCUT2D eigenvalue weighted by atomic mass is 10.1. The minimum Gasteiger partial charge on any atom is -0.378 e. The molecule has 1 amide bonds. The van der Waals surface area contributed by atoms with Crippen molar-refractivity contribution in [3.05, 3.63) is 29.8 Å². The van der Waals surface area contributed by atoms with Gasteiger partial charge < -0.3 is 10.1 Å². The summed E-state index contributed by atoms with van der Waals surface area (Å²) < 4.78 is 18.2. The van der Waals surface area contributed by atoms with Crippen molar-refractivity contribution in [2.75, 3.05) is 13.2 Å². The number of nitrogens with one attached hydrogen (secondary N) is 1. The van der Waals surface area contributed by atoms with Gasteiger partial charge in [-0.05, 0) is 37.8 Å². The molecule has 1 aromatic heterocycles. The van der Waals surface area contributed by atoms with Crippen molar-refractivity contribution in [1.29, 1.82) is 0 Å². The van der Waals surface area contributed by atoms with E-state index in [1.54, 1.807) is 0 Å². The van der Waals surface area contributed by atoms with Gasteiger partial charge in [0.1, 0.15) is 0 Å². The Bertz CT molecular complexity index is 388. The van der Waals surface area contributed by atoms with E-state index in [-0.39, 0.29) is 12.0 Å². The lowest BCUT2D eigenvalue weighted by molar-refractivity contribution is 0.0117. The van der Waals surface area contributed by atoms with Gasteiger partial charge in [-0.25, -0.2) is 4.98 Å². The largest absolute Gasteiger partial charge is 0.378 e. The zero-order valence-corrected chi connectivity index (χ0v) is 10.2. The maximum atomic E-state index is 12.6. The second-order valence-corrected chi connectivity index (χ2v) is 4.40. The van der Waals surface area contributed by atoms with Crippen LogP contribution in [0.1, 0.15) is 36.0 Å². The van der Waals surface area contributed by atoms with Crippen molar-refractivity contribution in [1.82, 2.24) is 10.3 Å². The SMILES string of the molecule is O=C(NCCC1CCCCO1)c1ccc(F)nc1. The molecule has 1 unspecified atom stereocenters. The maximum absolute atomic E-state index is 12.6. The molecule has 1 saturated heterocycles. The summed E-state index contributed by atoms with van der Waals surface area (Å²) in [6.07, 6.45) is 5.70. The molecule has 1 N–H and O–H groups in total. The average Bonchev–Trinajstić information content (AvgIpc) is 2.40. The molecular weight excluding hydrogens is 235 g/mol. The highest BCUT2D eigenvalue weighted by atomic mass is 19.1. The van der Waals surface area contributed by atoms with Crippen LogP contribution in [0.5, 0.6) is 0 Å². The zero-order chi connectivity index (χ0) is 12.8. The molecule has 1 atom stereocenters. The van der Waals surface area contributed by atoms with Crippen LogP contribution in [0, 0.1) is 5.95 Å². The second-order valence-electron chi connectivity index (χ2n) is 4.40. The van der Waals surface area contributed by atoms with E-state index >= 15 is 0 Å². The van der Waals surface area contributed by atoms with Gasteiger partial charge in [-0.2, -0.15) is 4.39 Å². The Hall–Kier alpha value is -1.49. The average molecular weight is 252 g/mol. The molecule has 1 aliphatic heterocycles. The van der Waals surface area contributed by atoms with Crippen LogP contribution in [-0.4, -0.2) is 30.1 Å². The van der Waals surface area contributed by atoms with Crippen LogP contribution in [0.25, 0.3) is 0 Å². The van der Waals surface area contributed by atoms with E-state index in [1.807, 2.05) is 0 Å². The Morgan fingerprint density at radius 2 is 2.39 bits per heavy atom. The number of ether oxygens (including phenoxy) is 1. The van der Waals surface area contributed by atoms with Crippen molar-refractivity contribution >= 4 is 5.91 Å². The first-order valence-corrected chi connectivity index (χ1v) is 6.27. The summed E-state index contributed by atoms with van der Waals surface area (Å²) in [5.41, 5.74) is 0.376. The summed E-state index contributed by atoms with van der Waals surface area (Å²) in [7, 11) is 0. The lowest BCUT2D eigenvalue weighted by Crippen LogP contribution is -2.29. The monoisotopic (exact) mass is 252 g/mol. The molecule has 2 heterocycles. The van der Waals surface area contributed by atoms with Crippen molar-refractivity contribution < 1.29 is 13.9 Å². The fraction of sp³-hybridized carbons (Fsp3) is 0.538. The predicted octanol–water partition coefficient (Wildman–Crippen LogP) is 1.91. The fourth-order valence-electron chi connectivity index (χ4n) is 1.99. The number of carbonyl (C=O) groups excluding carboxylic acids is 1. The molecular formula is C13H17FN2O2. The molecule has 1 fully saturated rings. The fourth-order valence-corrected chi connectivity index (χ4v) is 1.99. The summed E-state index contributed by atoms with van der Waals surface area (Å²) in [5.74, 6) is -0.805. The van der Waals surface area contributed by atoms with Crippen LogP contribution < -0.4 is 5.32 Å². The third-order valence-corrected chi connectivity index (χ3v) is 3.02. The highest BCUT2D eigenvalue weighted by Crippen LogP contribution is 2.14. The van der Waals surface area contributed by atoms with Crippen LogP contribution in [-0.2, 0) is 4.74 Å². The molecule has 0 radical (unpaired) electrons. The van der Waals surface area contributed by atoms with Crippen molar-refractivity contribution in [2.24, 2.45) is 0 Å². The first kappa shape index (κ1) is 13.0. The molecule has 0 spiro atoms. The van der Waals surface area contributed by atoms with Gasteiger partial charge in [0.2, 0.25) is 5.95 Å². The number of carbonyl (C=O) groups is 1. The number of aromatic nitrogens is 1. The highest BCUT2D eigenvalue weighted by molar-refractivity contribution is 5.93. The Balaban J connectivity index is 1.72. The third kappa shape index (κ3) is 3.77. The Morgan fingerprint density at radius 1 is 1.50 bits per heavy atom. The molecule has 1 aromatic rings. The van der Waals surface area contributed by atoms with E-state index in [9.17, 15) is 9.18 Å². The molecule has 5 heteroatoms. The molecule has 0 aromatic carbocycles. The number of rotatable bonds is 4. The number of pyridine rings is 1. The molecule has 0 saturated carbocycles. The summed E-state index contributed by atoms with van der Waals surface area (Å²) in [4.78, 5) is 15.1. The number of hydrogen-bond acceptors (Lipinski definition) is 3.